The molecule has 1 saturated heterocycles. The van der Waals surface area contributed by atoms with Gasteiger partial charge in [0, 0.05) is 0 Å². The molecule has 0 saturated carbocycles. The molecule has 1 heterocycles. The Labute approximate surface area is 76.1 Å². The van der Waals surface area contributed by atoms with Gasteiger partial charge in [-0.25, -0.2) is 9.59 Å². The quantitative estimate of drug-likeness (QED) is 0.271. The lowest BCUT2D eigenvalue weighted by Gasteiger charge is -1.92. The molecule has 2 atom stereocenters. The van der Waals surface area contributed by atoms with E-state index in [1.807, 2.05) is 0 Å². The molecule has 1 aliphatic heterocycles. The van der Waals surface area contributed by atoms with Crippen molar-refractivity contribution in [3.63, 3.8) is 0 Å². The van der Waals surface area contributed by atoms with E-state index in [-0.39, 0.29) is 0 Å². The number of carbonyl (C=O) groups is 2. The lowest BCUT2D eigenvalue weighted by molar-refractivity contribution is -0.0349. The Morgan fingerprint density at radius 3 is 1.43 bits per heavy atom. The van der Waals surface area contributed by atoms with Crippen molar-refractivity contribution in [3.05, 3.63) is 13.2 Å². The highest BCUT2D eigenvalue weighted by molar-refractivity contribution is 5.61. The predicted octanol–water partition coefficient (Wildman–Crippen LogP) is 2.59. The van der Waals surface area contributed by atoms with Crippen molar-refractivity contribution in [2.75, 3.05) is 0 Å². The van der Waals surface area contributed by atoms with Crippen molar-refractivity contribution in [2.45, 2.75) is 12.7 Å². The van der Waals surface area contributed by atoms with Crippen LogP contribution in [0.25, 0.3) is 0 Å². The first kappa shape index (κ1) is 14.9. The molecule has 0 amide bonds. The zero-order chi connectivity index (χ0) is 11.7. The number of hydrogen-bond donors (Lipinski definition) is 0. The fourth-order valence-corrected chi connectivity index (χ4v) is 0.319. The van der Waals surface area contributed by atoms with Crippen LogP contribution < -0.4 is 0 Å². The van der Waals surface area contributed by atoms with Crippen LogP contribution in [-0.2, 0) is 9.47 Å². The number of hydrogen-bond acceptors (Lipinski definition) is 4. The minimum absolute atomic E-state index is 1.30. The maximum atomic E-state index is 11.6. The van der Waals surface area contributed by atoms with Crippen LogP contribution >= 0.6 is 0 Å². The molecule has 4 nitrogen and oxygen atoms in total. The van der Waals surface area contributed by atoms with E-state index in [4.69, 9.17) is 4.79 Å². The van der Waals surface area contributed by atoms with E-state index in [1.54, 1.807) is 0 Å². The van der Waals surface area contributed by atoms with Gasteiger partial charge in [0.2, 0.25) is 0 Å². The fraction of sp³-hybridized carbons (Fsp3) is 0.333. The summed E-state index contributed by atoms with van der Waals surface area (Å²) >= 11 is 0. The largest absolute Gasteiger partial charge is 0.513 e. The van der Waals surface area contributed by atoms with Crippen LogP contribution in [0.5, 0.6) is 0 Å². The summed E-state index contributed by atoms with van der Waals surface area (Å²) in [5.41, 5.74) is 0. The smallest absolute Gasteiger partial charge is 0.392 e. The second kappa shape index (κ2) is 8.02. The molecule has 0 aromatic heterocycles. The van der Waals surface area contributed by atoms with Gasteiger partial charge in [0.1, 0.15) is 0 Å². The second-order valence-electron chi connectivity index (χ2n) is 1.41. The Morgan fingerprint density at radius 2 is 1.36 bits per heavy atom. The molecule has 8 heteroatoms. The van der Waals surface area contributed by atoms with Crippen LogP contribution in [0.1, 0.15) is 0 Å². The molecule has 1 rings (SSSR count). The van der Waals surface area contributed by atoms with Gasteiger partial charge in [0.05, 0.1) is 0 Å². The van der Waals surface area contributed by atoms with Crippen molar-refractivity contribution in [2.24, 2.45) is 0 Å². The van der Waals surface area contributed by atoms with E-state index in [9.17, 15) is 22.4 Å². The fourth-order valence-electron chi connectivity index (χ4n) is 0.319. The average molecular weight is 218 g/mol. The predicted molar refractivity (Wildman–Crippen MR) is 36.2 cm³/mol. The maximum absolute atomic E-state index is 11.6. The molecule has 0 aliphatic carbocycles. The average Bonchev–Trinajstić information content (AvgIpc) is 2.32. The third-order valence-corrected chi connectivity index (χ3v) is 0.624. The molecular formula is C6H6F4O4. The second-order valence-corrected chi connectivity index (χ2v) is 1.41. The van der Waals surface area contributed by atoms with E-state index in [2.05, 4.69) is 22.6 Å². The van der Waals surface area contributed by atoms with Gasteiger partial charge >= 0.3 is 25.2 Å². The Hall–Kier alpha value is -1.60. The van der Waals surface area contributed by atoms with Gasteiger partial charge < -0.3 is 9.47 Å². The minimum atomic E-state index is -2.83. The Bertz CT molecular complexity index is 182. The van der Waals surface area contributed by atoms with Crippen molar-refractivity contribution >= 4 is 12.4 Å². The van der Waals surface area contributed by atoms with Crippen LogP contribution in [0, 0.1) is 0 Å². The van der Waals surface area contributed by atoms with E-state index >= 15 is 0 Å². The molecule has 0 bridgehead atoms. The number of halogens is 4. The summed E-state index contributed by atoms with van der Waals surface area (Å²) in [5, 5.41) is 0. The molecule has 0 spiro atoms. The number of cyclic esters (lactones) is 2. The molecule has 1 aliphatic rings. The standard InChI is InChI=1S/C3H2F2O3.C2H4.CF2O/c4-1-2(5)8-3(6)7-1;1-2;2-1(3)4/h1-2H;1-2H2;. The molecule has 0 radical (unpaired) electrons. The molecular weight excluding hydrogens is 212 g/mol. The van der Waals surface area contributed by atoms with E-state index in [0.29, 0.717) is 0 Å². The summed E-state index contributed by atoms with van der Waals surface area (Å²) in [6.45, 7) is 6.00. The molecule has 82 valence electrons. The molecule has 0 N–H and O–H groups in total. The number of ether oxygens (including phenoxy) is 2. The van der Waals surface area contributed by atoms with Gasteiger partial charge in [-0.1, -0.05) is 0 Å². The monoisotopic (exact) mass is 218 g/mol. The highest BCUT2D eigenvalue weighted by atomic mass is 19.3. The van der Waals surface area contributed by atoms with Gasteiger partial charge in [-0.3, -0.25) is 0 Å². The first-order chi connectivity index (χ1) is 6.43. The first-order valence-electron chi connectivity index (χ1n) is 2.94. The van der Waals surface area contributed by atoms with Crippen molar-refractivity contribution < 1.29 is 36.6 Å². The number of carbonyl (C=O) groups excluding carboxylic acids is 2. The van der Waals surface area contributed by atoms with Crippen molar-refractivity contribution in [1.29, 1.82) is 0 Å². The van der Waals surface area contributed by atoms with Gasteiger partial charge in [-0.15, -0.1) is 21.9 Å². The normalized spacial score (nSPS) is 23.0. The lowest BCUT2D eigenvalue weighted by Crippen LogP contribution is -2.09. The maximum Gasteiger partial charge on any atom is 0.513 e. The van der Waals surface area contributed by atoms with Crippen LogP contribution in [0.15, 0.2) is 13.2 Å². The van der Waals surface area contributed by atoms with Crippen molar-refractivity contribution in [1.82, 2.24) is 0 Å². The molecule has 2 unspecified atom stereocenters. The van der Waals surface area contributed by atoms with Gasteiger partial charge in [0.25, 0.3) is 0 Å². The van der Waals surface area contributed by atoms with E-state index in [1.165, 1.54) is 0 Å². The molecule has 1 fully saturated rings. The molecule has 0 aromatic rings. The first-order valence-corrected chi connectivity index (χ1v) is 2.94. The van der Waals surface area contributed by atoms with Crippen molar-refractivity contribution in [3.8, 4) is 0 Å². The third kappa shape index (κ3) is 8.50. The SMILES string of the molecule is C=C.O=C(F)F.O=C1OC(F)C(F)O1. The summed E-state index contributed by atoms with van der Waals surface area (Å²) < 4.78 is 49.8. The van der Waals surface area contributed by atoms with Gasteiger partial charge in [0.15, 0.2) is 0 Å². The van der Waals surface area contributed by atoms with Gasteiger partial charge in [-0.05, 0) is 0 Å². The van der Waals surface area contributed by atoms with Gasteiger partial charge in [-0.2, -0.15) is 8.78 Å². The topological polar surface area (TPSA) is 52.6 Å². The minimum Gasteiger partial charge on any atom is -0.392 e. The Morgan fingerprint density at radius 1 is 1.14 bits per heavy atom. The van der Waals surface area contributed by atoms with Crippen LogP contribution in [-0.4, -0.2) is 25.2 Å². The number of alkyl halides is 2. The summed E-state index contributed by atoms with van der Waals surface area (Å²) in [5.74, 6) is 0. The van der Waals surface area contributed by atoms with Crippen LogP contribution in [0.3, 0.4) is 0 Å². The highest BCUT2D eigenvalue weighted by Crippen LogP contribution is 2.16. The van der Waals surface area contributed by atoms with Crippen LogP contribution in [0.4, 0.5) is 27.2 Å². The molecule has 14 heavy (non-hydrogen) atoms. The zero-order valence-corrected chi connectivity index (χ0v) is 6.71. The Kier molecular flexibility index (Phi) is 8.53. The van der Waals surface area contributed by atoms with Crippen LogP contribution in [0.2, 0.25) is 0 Å². The zero-order valence-electron chi connectivity index (χ0n) is 6.71. The number of rotatable bonds is 0. The Balaban J connectivity index is 0. The summed E-state index contributed by atoms with van der Waals surface area (Å²) in [4.78, 5) is 17.9. The lowest BCUT2D eigenvalue weighted by atomic mass is 10.7. The summed E-state index contributed by atoms with van der Waals surface area (Å²) in [6, 6.07) is 0. The van der Waals surface area contributed by atoms with E-state index in [0.717, 1.165) is 0 Å². The summed E-state index contributed by atoms with van der Waals surface area (Å²) in [7, 11) is 0. The highest BCUT2D eigenvalue weighted by Gasteiger charge is 2.36. The molecule has 0 aromatic carbocycles. The summed E-state index contributed by atoms with van der Waals surface area (Å²) in [6.07, 6.45) is -8.63. The third-order valence-electron chi connectivity index (χ3n) is 0.624. The van der Waals surface area contributed by atoms with E-state index < -0.39 is 25.2 Å².